The topological polar surface area (TPSA) is 63.3 Å². The summed E-state index contributed by atoms with van der Waals surface area (Å²) in [5.74, 6) is 0.806. The molecule has 0 aliphatic carbocycles. The van der Waals surface area contributed by atoms with E-state index in [4.69, 9.17) is 9.47 Å². The summed E-state index contributed by atoms with van der Waals surface area (Å²) in [7, 11) is 0. The van der Waals surface area contributed by atoms with E-state index >= 15 is 0 Å². The third kappa shape index (κ3) is 4.51. The van der Waals surface area contributed by atoms with Crippen LogP contribution in [0, 0.1) is 0 Å². The summed E-state index contributed by atoms with van der Waals surface area (Å²) in [6.07, 6.45) is -0.468. The molecular weight excluding hydrogens is 364 g/mol. The first-order valence-electron chi connectivity index (χ1n) is 9.60. The summed E-state index contributed by atoms with van der Waals surface area (Å²) in [5, 5.41) is 4.97. The standard InChI is InChI=1S/C24H24N2O3/c1-24(2,3)29-23(27)25-17-9-11-19-20-12-10-18(14-22(20)26-21(19)13-17)28-15-16-7-5-4-6-8-16/h4-14,26H,15H2,1-3H3,(H,25,27). The van der Waals surface area contributed by atoms with Crippen LogP contribution < -0.4 is 10.1 Å². The van der Waals surface area contributed by atoms with Gasteiger partial charge in [-0.3, -0.25) is 5.32 Å². The molecule has 0 atom stereocenters. The second-order valence-electron chi connectivity index (χ2n) is 7.99. The minimum absolute atomic E-state index is 0.468. The molecule has 1 heterocycles. The predicted molar refractivity (Wildman–Crippen MR) is 116 cm³/mol. The molecule has 0 bridgehead atoms. The van der Waals surface area contributed by atoms with Crippen molar-refractivity contribution in [2.24, 2.45) is 0 Å². The van der Waals surface area contributed by atoms with Crippen molar-refractivity contribution in [3.8, 4) is 5.75 Å². The van der Waals surface area contributed by atoms with Gasteiger partial charge in [0, 0.05) is 28.0 Å². The van der Waals surface area contributed by atoms with E-state index in [-0.39, 0.29) is 0 Å². The number of carbonyl (C=O) groups excluding carboxylic acids is 1. The average molecular weight is 388 g/mol. The van der Waals surface area contributed by atoms with Gasteiger partial charge in [-0.15, -0.1) is 0 Å². The monoisotopic (exact) mass is 388 g/mol. The molecule has 1 amide bonds. The summed E-state index contributed by atoms with van der Waals surface area (Å²) in [5.41, 5.74) is 3.19. The van der Waals surface area contributed by atoms with Crippen LogP contribution in [0.1, 0.15) is 26.3 Å². The van der Waals surface area contributed by atoms with Crippen molar-refractivity contribution in [1.29, 1.82) is 0 Å². The largest absolute Gasteiger partial charge is 0.489 e. The Bertz CT molecular complexity index is 1160. The molecule has 0 radical (unpaired) electrons. The third-order valence-electron chi connectivity index (χ3n) is 4.46. The number of H-pyrrole nitrogens is 1. The van der Waals surface area contributed by atoms with Crippen molar-refractivity contribution >= 4 is 33.6 Å². The molecule has 1 aromatic heterocycles. The number of aromatic amines is 1. The fraction of sp³-hybridized carbons (Fsp3) is 0.208. The van der Waals surface area contributed by atoms with Crippen LogP contribution in [-0.2, 0) is 11.3 Å². The maximum atomic E-state index is 12.0. The number of anilines is 1. The van der Waals surface area contributed by atoms with Gasteiger partial charge in [0.25, 0.3) is 0 Å². The summed E-state index contributed by atoms with van der Waals surface area (Å²) < 4.78 is 11.2. The molecule has 0 saturated heterocycles. The molecular formula is C24H24N2O3. The molecule has 4 rings (SSSR count). The molecule has 5 nitrogen and oxygen atoms in total. The quantitative estimate of drug-likeness (QED) is 0.434. The Morgan fingerprint density at radius 1 is 0.931 bits per heavy atom. The van der Waals surface area contributed by atoms with E-state index in [1.165, 1.54) is 0 Å². The minimum Gasteiger partial charge on any atom is -0.489 e. The minimum atomic E-state index is -0.536. The molecule has 0 saturated carbocycles. The van der Waals surface area contributed by atoms with Gasteiger partial charge in [-0.25, -0.2) is 4.79 Å². The number of benzene rings is 3. The number of hydrogen-bond donors (Lipinski definition) is 2. The van der Waals surface area contributed by atoms with Gasteiger partial charge in [-0.05, 0) is 50.6 Å². The van der Waals surface area contributed by atoms with Crippen LogP contribution in [0.4, 0.5) is 10.5 Å². The van der Waals surface area contributed by atoms with E-state index in [0.717, 1.165) is 33.1 Å². The lowest BCUT2D eigenvalue weighted by molar-refractivity contribution is 0.0636. The normalized spacial score (nSPS) is 11.6. The van der Waals surface area contributed by atoms with Crippen LogP contribution in [0.15, 0.2) is 66.7 Å². The fourth-order valence-corrected chi connectivity index (χ4v) is 3.22. The van der Waals surface area contributed by atoms with Crippen molar-refractivity contribution in [2.75, 3.05) is 5.32 Å². The first-order chi connectivity index (χ1) is 13.9. The van der Waals surface area contributed by atoms with Gasteiger partial charge in [0.15, 0.2) is 0 Å². The van der Waals surface area contributed by atoms with E-state index < -0.39 is 11.7 Å². The Kier molecular flexibility index (Phi) is 4.89. The SMILES string of the molecule is CC(C)(C)OC(=O)Nc1ccc2c(c1)[nH]c1cc(OCc3ccccc3)ccc12. The lowest BCUT2D eigenvalue weighted by Gasteiger charge is -2.19. The van der Waals surface area contributed by atoms with Crippen LogP contribution >= 0.6 is 0 Å². The molecule has 2 N–H and O–H groups in total. The number of nitrogens with one attached hydrogen (secondary N) is 2. The van der Waals surface area contributed by atoms with Crippen LogP contribution in [0.25, 0.3) is 21.8 Å². The Morgan fingerprint density at radius 2 is 1.62 bits per heavy atom. The predicted octanol–water partition coefficient (Wildman–Crippen LogP) is 6.25. The number of ether oxygens (including phenoxy) is 2. The number of rotatable bonds is 4. The van der Waals surface area contributed by atoms with Crippen molar-refractivity contribution in [1.82, 2.24) is 4.98 Å². The Balaban J connectivity index is 1.54. The van der Waals surface area contributed by atoms with Gasteiger partial charge >= 0.3 is 6.09 Å². The zero-order chi connectivity index (χ0) is 20.4. The molecule has 0 fully saturated rings. The highest BCUT2D eigenvalue weighted by atomic mass is 16.6. The van der Waals surface area contributed by atoms with E-state index in [9.17, 15) is 4.79 Å². The highest BCUT2D eigenvalue weighted by Gasteiger charge is 2.16. The maximum Gasteiger partial charge on any atom is 0.412 e. The lowest BCUT2D eigenvalue weighted by atomic mass is 10.1. The van der Waals surface area contributed by atoms with E-state index in [2.05, 4.69) is 16.4 Å². The zero-order valence-corrected chi connectivity index (χ0v) is 16.8. The molecule has 0 spiro atoms. The number of hydrogen-bond acceptors (Lipinski definition) is 3. The molecule has 0 aliphatic rings. The Hall–Kier alpha value is -3.47. The molecule has 5 heteroatoms. The van der Waals surface area contributed by atoms with E-state index in [0.29, 0.717) is 12.3 Å². The number of fused-ring (bicyclic) bond motifs is 3. The third-order valence-corrected chi connectivity index (χ3v) is 4.46. The molecule has 0 unspecified atom stereocenters. The van der Waals surface area contributed by atoms with Crippen LogP contribution in [0.5, 0.6) is 5.75 Å². The van der Waals surface area contributed by atoms with Gasteiger partial charge in [-0.2, -0.15) is 0 Å². The molecule has 3 aromatic carbocycles. The summed E-state index contributed by atoms with van der Waals surface area (Å²) >= 11 is 0. The lowest BCUT2D eigenvalue weighted by Crippen LogP contribution is -2.27. The average Bonchev–Trinajstić information content (AvgIpc) is 3.02. The second kappa shape index (κ2) is 7.51. The fourth-order valence-electron chi connectivity index (χ4n) is 3.22. The highest BCUT2D eigenvalue weighted by Crippen LogP contribution is 2.30. The second-order valence-corrected chi connectivity index (χ2v) is 7.99. The van der Waals surface area contributed by atoms with E-state index in [1.54, 1.807) is 0 Å². The van der Waals surface area contributed by atoms with Gasteiger partial charge in [0.2, 0.25) is 0 Å². The number of amides is 1. The van der Waals surface area contributed by atoms with Crippen molar-refractivity contribution in [3.05, 3.63) is 72.3 Å². The first-order valence-corrected chi connectivity index (χ1v) is 9.60. The van der Waals surface area contributed by atoms with Crippen LogP contribution in [0.3, 0.4) is 0 Å². The Labute approximate surface area is 169 Å². The molecule has 0 aliphatic heterocycles. The summed E-state index contributed by atoms with van der Waals surface area (Å²) in [6, 6.07) is 21.9. The maximum absolute atomic E-state index is 12.0. The van der Waals surface area contributed by atoms with E-state index in [1.807, 2.05) is 81.4 Å². The summed E-state index contributed by atoms with van der Waals surface area (Å²) in [4.78, 5) is 15.4. The highest BCUT2D eigenvalue weighted by molar-refractivity contribution is 6.08. The Morgan fingerprint density at radius 3 is 2.34 bits per heavy atom. The first kappa shape index (κ1) is 18.9. The molecule has 4 aromatic rings. The van der Waals surface area contributed by atoms with Crippen molar-refractivity contribution in [2.45, 2.75) is 33.0 Å². The van der Waals surface area contributed by atoms with Crippen LogP contribution in [0.2, 0.25) is 0 Å². The summed E-state index contributed by atoms with van der Waals surface area (Å²) in [6.45, 7) is 6.04. The molecule has 29 heavy (non-hydrogen) atoms. The van der Waals surface area contributed by atoms with Crippen molar-refractivity contribution < 1.29 is 14.3 Å². The van der Waals surface area contributed by atoms with Gasteiger partial charge < -0.3 is 14.5 Å². The van der Waals surface area contributed by atoms with Gasteiger partial charge in [0.05, 0.1) is 5.52 Å². The number of carbonyl (C=O) groups is 1. The molecule has 148 valence electrons. The van der Waals surface area contributed by atoms with Crippen LogP contribution in [-0.4, -0.2) is 16.7 Å². The van der Waals surface area contributed by atoms with Gasteiger partial charge in [0.1, 0.15) is 18.0 Å². The van der Waals surface area contributed by atoms with Crippen molar-refractivity contribution in [3.63, 3.8) is 0 Å². The smallest absolute Gasteiger partial charge is 0.412 e. The number of aromatic nitrogens is 1. The van der Waals surface area contributed by atoms with Gasteiger partial charge in [-0.1, -0.05) is 36.4 Å². The zero-order valence-electron chi connectivity index (χ0n) is 16.8.